The summed E-state index contributed by atoms with van der Waals surface area (Å²) in [6.45, 7) is 0. The fourth-order valence-electron chi connectivity index (χ4n) is 1.57. The maximum atomic E-state index is 11.1. The molecule has 6 heteroatoms. The quantitative estimate of drug-likeness (QED) is 0.931. The molecule has 0 saturated carbocycles. The zero-order valence-electron chi connectivity index (χ0n) is 9.05. The van der Waals surface area contributed by atoms with Gasteiger partial charge in [-0.1, -0.05) is 11.6 Å². The van der Waals surface area contributed by atoms with Crippen LogP contribution in [-0.4, -0.2) is 25.5 Å². The Morgan fingerprint density at radius 3 is 2.76 bits per heavy atom. The van der Waals surface area contributed by atoms with E-state index in [0.717, 1.165) is 11.6 Å². The van der Waals surface area contributed by atoms with Gasteiger partial charge < -0.3 is 9.52 Å². The van der Waals surface area contributed by atoms with Gasteiger partial charge in [-0.2, -0.15) is 0 Å². The third-order valence-corrected chi connectivity index (χ3v) is 3.44. The zero-order chi connectivity index (χ0) is 12.6. The molecule has 92 valence electrons. The minimum atomic E-state index is -3.25. The summed E-state index contributed by atoms with van der Waals surface area (Å²) in [5.74, 6) is -0.131. The smallest absolute Gasteiger partial charge is 0.150 e. The molecule has 2 rings (SSSR count). The zero-order valence-corrected chi connectivity index (χ0v) is 10.6. The fraction of sp³-hybridized carbons (Fsp3) is 0.273. The molecule has 1 heterocycles. The van der Waals surface area contributed by atoms with Gasteiger partial charge in [0.25, 0.3) is 0 Å². The van der Waals surface area contributed by atoms with Gasteiger partial charge >= 0.3 is 0 Å². The monoisotopic (exact) mass is 274 g/mol. The highest BCUT2D eigenvalue weighted by Crippen LogP contribution is 2.26. The van der Waals surface area contributed by atoms with Crippen LogP contribution in [-0.2, 0) is 9.84 Å². The number of furan rings is 1. The molecule has 0 bridgehead atoms. The van der Waals surface area contributed by atoms with Gasteiger partial charge in [0.05, 0.1) is 5.75 Å². The predicted octanol–water partition coefficient (Wildman–Crippen LogP) is 2.16. The number of fused-ring (bicyclic) bond motifs is 1. The highest BCUT2D eigenvalue weighted by atomic mass is 35.5. The van der Waals surface area contributed by atoms with Gasteiger partial charge in [0.2, 0.25) is 0 Å². The Morgan fingerprint density at radius 2 is 2.12 bits per heavy atom. The van der Waals surface area contributed by atoms with Crippen molar-refractivity contribution >= 4 is 32.4 Å². The second kappa shape index (κ2) is 4.33. The van der Waals surface area contributed by atoms with Crippen LogP contribution in [0.25, 0.3) is 11.0 Å². The Bertz CT molecular complexity index is 645. The first-order valence-corrected chi connectivity index (χ1v) is 7.34. The molecule has 1 N–H and O–H groups in total. The molecule has 0 aliphatic carbocycles. The summed E-state index contributed by atoms with van der Waals surface area (Å²) in [6, 6.07) is 6.63. The number of hydrogen-bond donors (Lipinski definition) is 1. The molecule has 0 aliphatic rings. The number of hydrogen-bond acceptors (Lipinski definition) is 4. The molecule has 17 heavy (non-hydrogen) atoms. The van der Waals surface area contributed by atoms with Crippen LogP contribution in [0.4, 0.5) is 0 Å². The molecule has 1 atom stereocenters. The van der Waals surface area contributed by atoms with Gasteiger partial charge in [0.15, 0.2) is 0 Å². The van der Waals surface area contributed by atoms with Crippen LogP contribution in [0.1, 0.15) is 11.9 Å². The second-order valence-electron chi connectivity index (χ2n) is 3.94. The van der Waals surface area contributed by atoms with Crippen molar-refractivity contribution in [3.8, 4) is 0 Å². The molecule has 0 fully saturated rings. The van der Waals surface area contributed by atoms with Crippen molar-refractivity contribution in [2.24, 2.45) is 0 Å². The molecule has 0 aliphatic heterocycles. The third kappa shape index (κ3) is 3.00. The van der Waals surface area contributed by atoms with Crippen LogP contribution in [0.5, 0.6) is 0 Å². The summed E-state index contributed by atoms with van der Waals surface area (Å²) in [6.07, 6.45) is -0.0911. The molecule has 0 saturated heterocycles. The lowest BCUT2D eigenvalue weighted by molar-refractivity contribution is 0.174. The maximum Gasteiger partial charge on any atom is 0.150 e. The maximum absolute atomic E-state index is 11.1. The number of sulfone groups is 1. The highest BCUT2D eigenvalue weighted by molar-refractivity contribution is 7.90. The van der Waals surface area contributed by atoms with Crippen molar-refractivity contribution in [1.29, 1.82) is 0 Å². The Balaban J connectivity index is 2.36. The summed E-state index contributed by atoms with van der Waals surface area (Å²) in [4.78, 5) is 0. The van der Waals surface area contributed by atoms with Crippen LogP contribution in [0.15, 0.2) is 28.7 Å². The van der Waals surface area contributed by atoms with Crippen molar-refractivity contribution in [1.82, 2.24) is 0 Å². The lowest BCUT2D eigenvalue weighted by atomic mass is 10.2. The number of benzene rings is 1. The summed E-state index contributed by atoms with van der Waals surface area (Å²) < 4.78 is 27.5. The van der Waals surface area contributed by atoms with Crippen LogP contribution in [0.2, 0.25) is 5.02 Å². The molecule has 1 unspecified atom stereocenters. The van der Waals surface area contributed by atoms with E-state index in [1.165, 1.54) is 0 Å². The largest absolute Gasteiger partial charge is 0.458 e. The van der Waals surface area contributed by atoms with Gasteiger partial charge in [0.1, 0.15) is 27.3 Å². The van der Waals surface area contributed by atoms with E-state index < -0.39 is 15.9 Å². The first kappa shape index (κ1) is 12.4. The Labute approximate surface area is 104 Å². The standard InChI is InChI=1S/C11H11ClO4S/c1-17(14,15)6-9(13)11-5-7-4-8(12)2-3-10(7)16-11/h2-5,9,13H,6H2,1H3. The topological polar surface area (TPSA) is 67.5 Å². The van der Waals surface area contributed by atoms with Crippen LogP contribution < -0.4 is 0 Å². The van der Waals surface area contributed by atoms with E-state index >= 15 is 0 Å². The number of halogens is 1. The summed E-state index contributed by atoms with van der Waals surface area (Å²) >= 11 is 5.81. The van der Waals surface area contributed by atoms with E-state index in [9.17, 15) is 13.5 Å². The Morgan fingerprint density at radius 1 is 1.41 bits per heavy atom. The van der Waals surface area contributed by atoms with Crippen molar-refractivity contribution in [3.63, 3.8) is 0 Å². The van der Waals surface area contributed by atoms with Crippen LogP contribution in [0.3, 0.4) is 0 Å². The number of rotatable bonds is 3. The SMILES string of the molecule is CS(=O)(=O)CC(O)c1cc2cc(Cl)ccc2o1. The van der Waals surface area contributed by atoms with Crippen molar-refractivity contribution in [2.45, 2.75) is 6.10 Å². The van der Waals surface area contributed by atoms with Crippen molar-refractivity contribution in [3.05, 3.63) is 35.0 Å². The lowest BCUT2D eigenvalue weighted by Crippen LogP contribution is -2.11. The highest BCUT2D eigenvalue weighted by Gasteiger charge is 2.18. The minimum absolute atomic E-state index is 0.229. The first-order chi connectivity index (χ1) is 7.85. The lowest BCUT2D eigenvalue weighted by Gasteiger charge is -2.04. The molecule has 0 amide bonds. The van der Waals surface area contributed by atoms with E-state index in [4.69, 9.17) is 16.0 Å². The predicted molar refractivity (Wildman–Crippen MR) is 65.9 cm³/mol. The first-order valence-electron chi connectivity index (χ1n) is 4.90. The van der Waals surface area contributed by atoms with E-state index in [0.29, 0.717) is 10.6 Å². The molecule has 0 radical (unpaired) electrons. The third-order valence-electron chi connectivity index (χ3n) is 2.29. The van der Waals surface area contributed by atoms with Gasteiger partial charge in [-0.15, -0.1) is 0 Å². The average molecular weight is 275 g/mol. The van der Waals surface area contributed by atoms with E-state index in [-0.39, 0.29) is 11.5 Å². The van der Waals surface area contributed by atoms with Gasteiger partial charge in [-0.05, 0) is 24.3 Å². The van der Waals surface area contributed by atoms with Crippen molar-refractivity contribution in [2.75, 3.05) is 12.0 Å². The molecule has 4 nitrogen and oxygen atoms in total. The molecule has 1 aromatic carbocycles. The molecule has 2 aromatic rings. The average Bonchev–Trinajstić information content (AvgIpc) is 2.57. The van der Waals surface area contributed by atoms with Gasteiger partial charge in [-0.3, -0.25) is 0 Å². The Kier molecular flexibility index (Phi) is 3.16. The summed E-state index contributed by atoms with van der Waals surface area (Å²) in [5, 5.41) is 11.0. The van der Waals surface area contributed by atoms with E-state index in [1.807, 2.05) is 0 Å². The molecule has 0 spiro atoms. The van der Waals surface area contributed by atoms with E-state index in [1.54, 1.807) is 24.3 Å². The van der Waals surface area contributed by atoms with Crippen LogP contribution in [0, 0.1) is 0 Å². The minimum Gasteiger partial charge on any atom is -0.458 e. The molecular weight excluding hydrogens is 264 g/mol. The Hall–Kier alpha value is -1.04. The summed E-state index contributed by atoms with van der Waals surface area (Å²) in [5.41, 5.74) is 0.567. The molecular formula is C11H11ClO4S. The van der Waals surface area contributed by atoms with Crippen molar-refractivity contribution < 1.29 is 17.9 Å². The molecule has 1 aromatic heterocycles. The van der Waals surface area contributed by atoms with Gasteiger partial charge in [0, 0.05) is 16.7 Å². The van der Waals surface area contributed by atoms with E-state index in [2.05, 4.69) is 0 Å². The summed E-state index contributed by atoms with van der Waals surface area (Å²) in [7, 11) is -3.25. The fourth-order valence-corrected chi connectivity index (χ4v) is 2.49. The number of aliphatic hydroxyl groups excluding tert-OH is 1. The van der Waals surface area contributed by atoms with Crippen LogP contribution >= 0.6 is 11.6 Å². The van der Waals surface area contributed by atoms with Gasteiger partial charge in [-0.25, -0.2) is 8.42 Å². The second-order valence-corrected chi connectivity index (χ2v) is 6.56. The normalized spacial score (nSPS) is 14.1. The number of aliphatic hydroxyl groups is 1.